The molecule has 2 nitrogen and oxygen atoms in total. The molecule has 0 saturated carbocycles. The van der Waals surface area contributed by atoms with E-state index in [1.165, 1.54) is 182 Å². The van der Waals surface area contributed by atoms with Crippen LogP contribution < -0.4 is 0 Å². The largest absolute Gasteiger partial charge is 0.355 e. The van der Waals surface area contributed by atoms with E-state index in [2.05, 4.69) is 332 Å². The Morgan fingerprint density at radius 1 is 0.281 bits per heavy atom. The number of H-pyrrole nitrogens is 1. The van der Waals surface area contributed by atoms with Gasteiger partial charge in [-0.15, -0.1) is 0 Å². The number of halogens is 1. The van der Waals surface area contributed by atoms with E-state index in [4.69, 9.17) is 0 Å². The Morgan fingerprint density at radius 2 is 0.697 bits per heavy atom. The summed E-state index contributed by atoms with van der Waals surface area (Å²) in [7, 11) is 0. The Hall–Kier alpha value is -10.3. The van der Waals surface area contributed by atoms with Crippen LogP contribution in [-0.2, 0) is 10.8 Å². The predicted octanol–water partition coefficient (Wildman–Crippen LogP) is 24.3. The topological polar surface area (TPSA) is 20.7 Å². The fourth-order valence-corrected chi connectivity index (χ4v) is 16.3. The standard InChI is InChI=1S/C43H29N.C22H13Br.C21H17N.H2/c1-43(2)38-16-7-5-12-31(38)36-24-37-32-13-6-8-17-40(32)44(41(37)25-39(36)43)27-20-18-26(19-21-27)28-22-23-35-30-11-4-3-10-29(30)34-15-9-14-33(28)42(34)35;23-15-10-8-14(9-11-15)16-12-13-21-18-5-2-1-4-17(18)20-7-3-6-19(16)22(20)21;1-21(2)17-9-5-3-7-13(17)15-11-16-14-8-4-6-10-19(14)22-20(16)12-18(15)21;/h3-25H,1-2H3;1-13H;3-12,22H,1-2H3;1H/i;;;1+1. The average Bonchev–Trinajstić information content (AvgIpc) is 1.58. The lowest BCUT2D eigenvalue weighted by molar-refractivity contribution is 0.661. The SMILES string of the molecule is Brc1ccc(-c2ccc3c4c(cccc24)-c2ccccc2-3)cc1.CC1(C)c2ccccc2-c2cc3c(cc21)[nH]c1ccccc13.CC1(C)c2ccccc2-c2cc3c4ccccc4n(-c4ccc(-c5ccc6c7c(cccc57)-c5ccccc5-6)cc4)c3cc21.[2HH]. The monoisotopic (exact) mass is 1200 g/mol. The van der Waals surface area contributed by atoms with Gasteiger partial charge in [-0.2, -0.15) is 0 Å². The minimum Gasteiger partial charge on any atom is -0.355 e. The highest BCUT2D eigenvalue weighted by Crippen LogP contribution is 2.54. The molecule has 0 radical (unpaired) electrons. The average molecular weight is 1200 g/mol. The fourth-order valence-electron chi connectivity index (χ4n) is 16.0. The van der Waals surface area contributed by atoms with Gasteiger partial charge < -0.3 is 9.55 Å². The third-order valence-corrected chi connectivity index (χ3v) is 20.8. The van der Waals surface area contributed by atoms with E-state index in [1.54, 1.807) is 0 Å². The third-order valence-electron chi connectivity index (χ3n) is 20.3. The number of rotatable bonds is 3. The Labute approximate surface area is 527 Å². The molecule has 4 aliphatic carbocycles. The van der Waals surface area contributed by atoms with Crippen molar-refractivity contribution in [2.75, 3.05) is 0 Å². The number of aromatic nitrogens is 2. The van der Waals surface area contributed by atoms with Crippen LogP contribution in [0.4, 0.5) is 0 Å². The van der Waals surface area contributed by atoms with E-state index in [9.17, 15) is 0 Å². The Kier molecular flexibility index (Phi) is 11.3. The maximum atomic E-state index is 3.57. The molecular formula is C86H61BrN2. The lowest BCUT2D eigenvalue weighted by Gasteiger charge is -2.21. The second kappa shape index (κ2) is 19.3. The molecule has 0 spiro atoms. The van der Waals surface area contributed by atoms with E-state index in [0.29, 0.717) is 0 Å². The number of nitrogens with one attached hydrogen (secondary N) is 1. The summed E-state index contributed by atoms with van der Waals surface area (Å²) in [6, 6.07) is 103. The highest BCUT2D eigenvalue weighted by molar-refractivity contribution is 9.10. The number of nitrogens with zero attached hydrogens (tertiary/aromatic N) is 1. The Morgan fingerprint density at radius 3 is 1.26 bits per heavy atom. The van der Waals surface area contributed by atoms with Crippen LogP contribution in [0.15, 0.2) is 284 Å². The van der Waals surface area contributed by atoms with Gasteiger partial charge in [-0.3, -0.25) is 0 Å². The predicted molar refractivity (Wildman–Crippen MR) is 383 cm³/mol. The molecular weight excluding hydrogens is 1140 g/mol. The summed E-state index contributed by atoms with van der Waals surface area (Å²) in [6.07, 6.45) is 0. The van der Waals surface area contributed by atoms with Crippen LogP contribution in [0, 0.1) is 0 Å². The second-order valence-corrected chi connectivity index (χ2v) is 26.6. The van der Waals surface area contributed by atoms with Crippen molar-refractivity contribution in [3.05, 3.63) is 306 Å². The van der Waals surface area contributed by atoms with Gasteiger partial charge in [0.25, 0.3) is 0 Å². The number of hydrogen-bond acceptors (Lipinski definition) is 0. The maximum absolute atomic E-state index is 3.57. The van der Waals surface area contributed by atoms with E-state index in [-0.39, 0.29) is 12.3 Å². The molecule has 0 fully saturated rings. The first-order valence-electron chi connectivity index (χ1n) is 31.1. The minimum absolute atomic E-state index is 0. The summed E-state index contributed by atoms with van der Waals surface area (Å²) in [5.41, 5.74) is 33.2. The number of aromatic amines is 1. The van der Waals surface area contributed by atoms with Crippen molar-refractivity contribution < 1.29 is 1.43 Å². The maximum Gasteiger partial charge on any atom is 0.0544 e. The van der Waals surface area contributed by atoms with Crippen molar-refractivity contribution in [1.29, 1.82) is 0 Å². The fraction of sp³-hybridized carbons (Fsp3) is 0.0698. The van der Waals surface area contributed by atoms with Gasteiger partial charge in [0, 0.05) is 55.0 Å². The normalized spacial score (nSPS) is 13.6. The molecule has 2 heterocycles. The van der Waals surface area contributed by atoms with Crippen LogP contribution >= 0.6 is 15.9 Å². The van der Waals surface area contributed by atoms with Crippen molar-refractivity contribution in [2.24, 2.45) is 0 Å². The van der Waals surface area contributed by atoms with Crippen LogP contribution in [0.25, 0.3) is 160 Å². The van der Waals surface area contributed by atoms with Crippen molar-refractivity contribution >= 4 is 81.1 Å². The summed E-state index contributed by atoms with van der Waals surface area (Å²) < 4.78 is 3.57. The zero-order chi connectivity index (χ0) is 59.4. The molecule has 89 heavy (non-hydrogen) atoms. The molecule has 1 N–H and O–H groups in total. The van der Waals surface area contributed by atoms with Crippen LogP contribution in [0.5, 0.6) is 0 Å². The lowest BCUT2D eigenvalue weighted by atomic mass is 9.82. The summed E-state index contributed by atoms with van der Waals surface area (Å²) in [6.45, 7) is 9.38. The highest BCUT2D eigenvalue weighted by Gasteiger charge is 2.37. The van der Waals surface area contributed by atoms with Crippen molar-refractivity contribution in [1.82, 2.24) is 9.55 Å². The molecule has 20 rings (SSSR count). The molecule has 16 aromatic rings. The molecule has 0 unspecified atom stereocenters. The molecule has 4 aliphatic rings. The summed E-state index contributed by atoms with van der Waals surface area (Å²) >= 11 is 3.52. The number of benzene rings is 14. The second-order valence-electron chi connectivity index (χ2n) is 25.6. The van der Waals surface area contributed by atoms with Gasteiger partial charge in [0.05, 0.1) is 11.0 Å². The molecule has 0 aliphatic heterocycles. The minimum atomic E-state index is -0.0410. The van der Waals surface area contributed by atoms with Gasteiger partial charge in [0.1, 0.15) is 0 Å². The number of fused-ring (bicyclic) bond motifs is 18. The van der Waals surface area contributed by atoms with Crippen molar-refractivity contribution in [3.63, 3.8) is 0 Å². The molecule has 422 valence electrons. The molecule has 0 atom stereocenters. The first-order valence-corrected chi connectivity index (χ1v) is 31.9. The van der Waals surface area contributed by atoms with Gasteiger partial charge >= 0.3 is 0 Å². The quantitative estimate of drug-likeness (QED) is 0.182. The summed E-state index contributed by atoms with van der Waals surface area (Å²) in [5.74, 6) is 0. The van der Waals surface area contributed by atoms with Crippen LogP contribution in [0.1, 0.15) is 51.4 Å². The van der Waals surface area contributed by atoms with Gasteiger partial charge in [-0.1, -0.05) is 262 Å². The lowest BCUT2D eigenvalue weighted by Crippen LogP contribution is -2.14. The van der Waals surface area contributed by atoms with Gasteiger partial charge in [0.2, 0.25) is 0 Å². The zero-order valence-corrected chi connectivity index (χ0v) is 51.5. The molecule has 3 heteroatoms. The Bertz CT molecular complexity index is 5620. The van der Waals surface area contributed by atoms with E-state index in [0.717, 1.165) is 4.47 Å². The summed E-state index contributed by atoms with van der Waals surface area (Å²) in [4.78, 5) is 3.57. The molecule has 14 aromatic carbocycles. The van der Waals surface area contributed by atoms with E-state index < -0.39 is 0 Å². The highest BCUT2D eigenvalue weighted by atomic mass is 79.9. The number of para-hydroxylation sites is 2. The van der Waals surface area contributed by atoms with Crippen molar-refractivity contribution in [2.45, 2.75) is 38.5 Å². The summed E-state index contributed by atoms with van der Waals surface area (Å²) in [5, 5.41) is 10.6. The zero-order valence-electron chi connectivity index (χ0n) is 49.9. The van der Waals surface area contributed by atoms with Crippen LogP contribution in [-0.4, -0.2) is 9.55 Å². The van der Waals surface area contributed by atoms with E-state index in [1.807, 2.05) is 0 Å². The van der Waals surface area contributed by atoms with Gasteiger partial charge in [0.15, 0.2) is 0 Å². The molecule has 0 bridgehead atoms. The molecule has 2 aromatic heterocycles. The van der Waals surface area contributed by atoms with Crippen LogP contribution in [0.2, 0.25) is 0 Å². The Balaban J connectivity index is 0.000000114. The van der Waals surface area contributed by atoms with Gasteiger partial charge in [-0.05, 0) is 193 Å². The van der Waals surface area contributed by atoms with Gasteiger partial charge in [-0.25, -0.2) is 0 Å². The smallest absolute Gasteiger partial charge is 0.0544 e. The van der Waals surface area contributed by atoms with Crippen molar-refractivity contribution in [3.8, 4) is 94.7 Å². The molecule has 0 saturated heterocycles. The van der Waals surface area contributed by atoms with Crippen LogP contribution in [0.3, 0.4) is 0 Å². The third kappa shape index (κ3) is 7.62. The molecule has 0 amide bonds. The van der Waals surface area contributed by atoms with E-state index >= 15 is 0 Å². The first kappa shape index (κ1) is 51.9. The first-order chi connectivity index (χ1) is 43.6. The number of hydrogen-bond donors (Lipinski definition) is 1.